The van der Waals surface area contributed by atoms with Gasteiger partial charge in [0.1, 0.15) is 5.82 Å². The van der Waals surface area contributed by atoms with Crippen molar-refractivity contribution in [2.75, 3.05) is 12.8 Å². The van der Waals surface area contributed by atoms with E-state index in [0.29, 0.717) is 12.5 Å². The average molecular weight is 389 g/mol. The van der Waals surface area contributed by atoms with Crippen molar-refractivity contribution in [2.45, 2.75) is 38.4 Å². The number of fused-ring (bicyclic) bond motifs is 1. The van der Waals surface area contributed by atoms with Gasteiger partial charge in [0.05, 0.1) is 4.88 Å². The first-order valence-corrected chi connectivity index (χ1v) is 10.9. The summed E-state index contributed by atoms with van der Waals surface area (Å²) < 4.78 is 3.34. The second-order valence-corrected chi connectivity index (χ2v) is 8.47. The van der Waals surface area contributed by atoms with Crippen molar-refractivity contribution in [1.82, 2.24) is 20.1 Å². The molecule has 0 saturated carbocycles. The van der Waals surface area contributed by atoms with Gasteiger partial charge in [0.2, 0.25) is 0 Å². The number of nitrogens with one attached hydrogen (secondary N) is 1. The van der Waals surface area contributed by atoms with E-state index in [1.165, 1.54) is 11.3 Å². The van der Waals surface area contributed by atoms with Crippen molar-refractivity contribution in [1.29, 1.82) is 0 Å². The molecule has 2 aromatic heterocycles. The summed E-state index contributed by atoms with van der Waals surface area (Å²) in [5.41, 5.74) is 0. The predicted octanol–water partition coefficient (Wildman–Crippen LogP) is 4.23. The topological polar surface area (TPSA) is 59.8 Å². The SMILES string of the molecule is CSc1nnc(CCCNC(=O)c2cc3ccccc3s2)n1CC(C)C. The van der Waals surface area contributed by atoms with Crippen LogP contribution in [0.2, 0.25) is 0 Å². The number of carbonyl (C=O) groups excluding carboxylic acids is 1. The summed E-state index contributed by atoms with van der Waals surface area (Å²) in [6.07, 6.45) is 3.68. The third-order valence-corrected chi connectivity index (χ3v) is 5.82. The fourth-order valence-corrected chi connectivity index (χ4v) is 4.33. The molecule has 0 fully saturated rings. The first-order valence-electron chi connectivity index (χ1n) is 8.81. The molecule has 3 aromatic rings. The Bertz CT molecular complexity index is 852. The number of benzene rings is 1. The number of thiophene rings is 1. The van der Waals surface area contributed by atoms with Crippen LogP contribution in [0.3, 0.4) is 0 Å². The van der Waals surface area contributed by atoms with Gasteiger partial charge in [-0.05, 0) is 36.1 Å². The van der Waals surface area contributed by atoms with E-state index in [1.54, 1.807) is 11.8 Å². The number of aromatic nitrogens is 3. The first kappa shape index (κ1) is 18.9. The summed E-state index contributed by atoms with van der Waals surface area (Å²) in [6.45, 7) is 5.95. The first-order chi connectivity index (χ1) is 12.6. The molecule has 138 valence electrons. The number of aryl methyl sites for hydroxylation is 1. The summed E-state index contributed by atoms with van der Waals surface area (Å²) in [7, 11) is 0. The lowest BCUT2D eigenvalue weighted by molar-refractivity contribution is 0.0957. The maximum Gasteiger partial charge on any atom is 0.261 e. The zero-order chi connectivity index (χ0) is 18.5. The van der Waals surface area contributed by atoms with Gasteiger partial charge in [-0.25, -0.2) is 0 Å². The Kier molecular flexibility index (Phi) is 6.32. The van der Waals surface area contributed by atoms with Gasteiger partial charge in [0, 0.05) is 24.2 Å². The molecule has 2 heterocycles. The van der Waals surface area contributed by atoms with E-state index in [9.17, 15) is 4.79 Å². The van der Waals surface area contributed by atoms with Gasteiger partial charge < -0.3 is 9.88 Å². The quantitative estimate of drug-likeness (QED) is 0.463. The van der Waals surface area contributed by atoms with Crippen LogP contribution in [-0.2, 0) is 13.0 Å². The van der Waals surface area contributed by atoms with Crippen molar-refractivity contribution in [3.63, 3.8) is 0 Å². The standard InChI is InChI=1S/C19H24N4OS2/c1-13(2)12-23-17(21-22-19(23)25-3)9-6-10-20-18(24)16-11-14-7-4-5-8-15(14)26-16/h4-5,7-8,11,13H,6,9-10,12H2,1-3H3,(H,20,24). The van der Waals surface area contributed by atoms with Crippen molar-refractivity contribution in [2.24, 2.45) is 5.92 Å². The monoisotopic (exact) mass is 388 g/mol. The molecule has 0 spiro atoms. The van der Waals surface area contributed by atoms with E-state index in [0.717, 1.165) is 45.3 Å². The van der Waals surface area contributed by atoms with E-state index >= 15 is 0 Å². The van der Waals surface area contributed by atoms with Crippen LogP contribution >= 0.6 is 23.1 Å². The minimum absolute atomic E-state index is 0.000324. The molecule has 0 unspecified atom stereocenters. The lowest BCUT2D eigenvalue weighted by Crippen LogP contribution is -2.24. The molecule has 0 atom stereocenters. The molecule has 7 heteroatoms. The molecule has 1 amide bonds. The van der Waals surface area contributed by atoms with Crippen molar-refractivity contribution in [3.8, 4) is 0 Å². The second-order valence-electron chi connectivity index (χ2n) is 6.62. The summed E-state index contributed by atoms with van der Waals surface area (Å²) in [6, 6.07) is 10.0. The molecule has 0 aliphatic carbocycles. The lowest BCUT2D eigenvalue weighted by atomic mass is 10.2. The van der Waals surface area contributed by atoms with Gasteiger partial charge in [-0.2, -0.15) is 0 Å². The number of hydrogen-bond donors (Lipinski definition) is 1. The lowest BCUT2D eigenvalue weighted by Gasteiger charge is -2.11. The van der Waals surface area contributed by atoms with Crippen molar-refractivity contribution >= 4 is 39.1 Å². The number of thioether (sulfide) groups is 1. The molecule has 0 aliphatic heterocycles. The molecular weight excluding hydrogens is 364 g/mol. The van der Waals surface area contributed by atoms with Crippen molar-refractivity contribution in [3.05, 3.63) is 41.0 Å². The van der Waals surface area contributed by atoms with Gasteiger partial charge in [-0.3, -0.25) is 4.79 Å². The Morgan fingerprint density at radius 1 is 1.31 bits per heavy atom. The van der Waals surface area contributed by atoms with Gasteiger partial charge in [0.25, 0.3) is 5.91 Å². The fourth-order valence-electron chi connectivity index (χ4n) is 2.83. The fraction of sp³-hybridized carbons (Fsp3) is 0.421. The van der Waals surface area contributed by atoms with Crippen LogP contribution in [0.4, 0.5) is 0 Å². The summed E-state index contributed by atoms with van der Waals surface area (Å²) >= 11 is 3.16. The molecule has 3 rings (SSSR count). The highest BCUT2D eigenvalue weighted by atomic mass is 32.2. The van der Waals surface area contributed by atoms with Gasteiger partial charge in [-0.1, -0.05) is 43.8 Å². The van der Waals surface area contributed by atoms with Gasteiger partial charge in [-0.15, -0.1) is 21.5 Å². The number of hydrogen-bond acceptors (Lipinski definition) is 5. The third kappa shape index (κ3) is 4.45. The minimum atomic E-state index is -0.000324. The Morgan fingerprint density at radius 2 is 2.12 bits per heavy atom. The van der Waals surface area contributed by atoms with Gasteiger partial charge >= 0.3 is 0 Å². The molecule has 0 saturated heterocycles. The highest BCUT2D eigenvalue weighted by Gasteiger charge is 2.13. The molecule has 26 heavy (non-hydrogen) atoms. The maximum absolute atomic E-state index is 12.4. The highest BCUT2D eigenvalue weighted by molar-refractivity contribution is 7.98. The van der Waals surface area contributed by atoms with E-state index in [4.69, 9.17) is 0 Å². The Labute approximate surface area is 162 Å². The zero-order valence-corrected chi connectivity index (χ0v) is 17.0. The number of nitrogens with zero attached hydrogens (tertiary/aromatic N) is 3. The molecular formula is C19H24N4OS2. The Morgan fingerprint density at radius 3 is 2.85 bits per heavy atom. The van der Waals surface area contributed by atoms with E-state index < -0.39 is 0 Å². The van der Waals surface area contributed by atoms with Crippen LogP contribution in [0.15, 0.2) is 35.5 Å². The molecule has 5 nitrogen and oxygen atoms in total. The molecule has 0 aliphatic rings. The van der Waals surface area contributed by atoms with Crippen LogP contribution in [0.5, 0.6) is 0 Å². The molecule has 0 radical (unpaired) electrons. The van der Waals surface area contributed by atoms with Crippen LogP contribution < -0.4 is 5.32 Å². The van der Waals surface area contributed by atoms with Crippen LogP contribution in [0, 0.1) is 5.92 Å². The van der Waals surface area contributed by atoms with Crippen LogP contribution in [0.25, 0.3) is 10.1 Å². The molecule has 1 N–H and O–H groups in total. The van der Waals surface area contributed by atoms with E-state index in [1.807, 2.05) is 36.6 Å². The van der Waals surface area contributed by atoms with E-state index in [-0.39, 0.29) is 5.91 Å². The van der Waals surface area contributed by atoms with E-state index in [2.05, 4.69) is 33.9 Å². The van der Waals surface area contributed by atoms with Crippen LogP contribution in [0.1, 0.15) is 35.8 Å². The van der Waals surface area contributed by atoms with Gasteiger partial charge in [0.15, 0.2) is 5.16 Å². The molecule has 0 bridgehead atoms. The Balaban J connectivity index is 1.54. The third-order valence-electron chi connectivity index (χ3n) is 4.04. The maximum atomic E-state index is 12.4. The minimum Gasteiger partial charge on any atom is -0.351 e. The highest BCUT2D eigenvalue weighted by Crippen LogP contribution is 2.25. The second kappa shape index (κ2) is 8.68. The normalized spacial score (nSPS) is 11.4. The zero-order valence-electron chi connectivity index (χ0n) is 15.4. The number of amides is 1. The Hall–Kier alpha value is -1.86. The summed E-state index contributed by atoms with van der Waals surface area (Å²) in [5, 5.41) is 13.7. The largest absolute Gasteiger partial charge is 0.351 e. The number of rotatable bonds is 8. The average Bonchev–Trinajstić information content (AvgIpc) is 3.22. The smallest absolute Gasteiger partial charge is 0.261 e. The summed E-state index contributed by atoms with van der Waals surface area (Å²) in [5.74, 6) is 1.54. The van der Waals surface area contributed by atoms with Crippen molar-refractivity contribution < 1.29 is 4.79 Å². The van der Waals surface area contributed by atoms with Crippen LogP contribution in [-0.4, -0.2) is 33.5 Å². The number of carbonyl (C=O) groups is 1. The predicted molar refractivity (Wildman–Crippen MR) is 109 cm³/mol. The summed E-state index contributed by atoms with van der Waals surface area (Å²) in [4.78, 5) is 13.1. The molecule has 1 aromatic carbocycles.